The van der Waals surface area contributed by atoms with Gasteiger partial charge in [0.15, 0.2) is 0 Å². The molecular formula is C32H31N3O5. The highest BCUT2D eigenvalue weighted by Crippen LogP contribution is 2.29. The molecular weight excluding hydrogens is 506 g/mol. The largest absolute Gasteiger partial charge is 0.481 e. The first kappa shape index (κ1) is 28.2. The van der Waals surface area contributed by atoms with Crippen LogP contribution in [0.25, 0.3) is 11.1 Å². The molecule has 2 amide bonds. The van der Waals surface area contributed by atoms with Gasteiger partial charge in [-0.15, -0.1) is 0 Å². The summed E-state index contributed by atoms with van der Waals surface area (Å²) in [6, 6.07) is 26.3. The molecule has 8 heteroatoms. The van der Waals surface area contributed by atoms with Crippen molar-refractivity contribution < 1.29 is 24.6 Å². The molecule has 0 aliphatic heterocycles. The predicted molar refractivity (Wildman–Crippen MR) is 152 cm³/mol. The Morgan fingerprint density at radius 2 is 1.45 bits per heavy atom. The van der Waals surface area contributed by atoms with E-state index in [-0.39, 0.29) is 31.4 Å². The second-order valence-corrected chi connectivity index (χ2v) is 9.26. The van der Waals surface area contributed by atoms with Gasteiger partial charge in [-0.3, -0.25) is 19.4 Å². The predicted octanol–water partition coefficient (Wildman–Crippen LogP) is 4.37. The number of carbonyl (C=O) groups excluding carboxylic acids is 2. The summed E-state index contributed by atoms with van der Waals surface area (Å²) < 4.78 is 0. The molecule has 4 rings (SSSR count). The molecule has 0 fully saturated rings. The van der Waals surface area contributed by atoms with Gasteiger partial charge < -0.3 is 20.4 Å². The summed E-state index contributed by atoms with van der Waals surface area (Å²) in [6.07, 6.45) is 3.71. The molecule has 0 bridgehead atoms. The number of rotatable bonds is 12. The molecule has 0 radical (unpaired) electrons. The minimum absolute atomic E-state index is 0.0418. The third-order valence-electron chi connectivity index (χ3n) is 6.59. The first-order valence-electron chi connectivity index (χ1n) is 13.0. The molecule has 8 nitrogen and oxygen atoms in total. The molecule has 0 spiro atoms. The van der Waals surface area contributed by atoms with Gasteiger partial charge in [0.25, 0.3) is 11.8 Å². The van der Waals surface area contributed by atoms with Gasteiger partial charge in [-0.1, -0.05) is 72.8 Å². The molecule has 0 saturated carbocycles. The number of carbonyl (C=O) groups is 3. The van der Waals surface area contributed by atoms with Crippen LogP contribution >= 0.6 is 0 Å². The van der Waals surface area contributed by atoms with Crippen molar-refractivity contribution in [1.82, 2.24) is 15.2 Å². The number of carboxylic acids is 1. The highest BCUT2D eigenvalue weighted by molar-refractivity contribution is 6.06. The Morgan fingerprint density at radius 1 is 0.800 bits per heavy atom. The fourth-order valence-electron chi connectivity index (χ4n) is 4.50. The number of pyridine rings is 1. The lowest BCUT2D eigenvalue weighted by Crippen LogP contribution is -2.35. The zero-order chi connectivity index (χ0) is 28.3. The zero-order valence-electron chi connectivity index (χ0n) is 21.9. The monoisotopic (exact) mass is 537 g/mol. The molecule has 1 atom stereocenters. The molecule has 3 N–H and O–H groups in total. The molecule has 0 aliphatic rings. The van der Waals surface area contributed by atoms with Crippen LogP contribution in [0.5, 0.6) is 0 Å². The van der Waals surface area contributed by atoms with Crippen molar-refractivity contribution in [3.63, 3.8) is 0 Å². The van der Waals surface area contributed by atoms with Crippen LogP contribution in [0.15, 0.2) is 103 Å². The van der Waals surface area contributed by atoms with Gasteiger partial charge in [-0.05, 0) is 46.9 Å². The molecule has 1 aromatic heterocycles. The van der Waals surface area contributed by atoms with Crippen LogP contribution in [0, 0.1) is 0 Å². The highest BCUT2D eigenvalue weighted by Gasteiger charge is 2.23. The van der Waals surface area contributed by atoms with Gasteiger partial charge in [-0.25, -0.2) is 0 Å². The normalized spacial score (nSPS) is 11.4. The molecule has 204 valence electrons. The first-order chi connectivity index (χ1) is 19.5. The summed E-state index contributed by atoms with van der Waals surface area (Å²) in [7, 11) is 0. The van der Waals surface area contributed by atoms with Crippen LogP contribution in [0.4, 0.5) is 0 Å². The number of benzene rings is 3. The van der Waals surface area contributed by atoms with Crippen molar-refractivity contribution in [2.45, 2.75) is 18.9 Å². The molecule has 4 aromatic rings. The van der Waals surface area contributed by atoms with Crippen LogP contribution in [-0.2, 0) is 11.2 Å². The number of carboxylic acid groups (broad SMARTS) is 1. The van der Waals surface area contributed by atoms with Crippen molar-refractivity contribution in [3.05, 3.63) is 126 Å². The number of amides is 2. The molecule has 0 aliphatic carbocycles. The van der Waals surface area contributed by atoms with Crippen molar-refractivity contribution in [2.24, 2.45) is 0 Å². The maximum atomic E-state index is 13.8. The van der Waals surface area contributed by atoms with Crippen LogP contribution < -0.4 is 5.32 Å². The van der Waals surface area contributed by atoms with E-state index in [0.29, 0.717) is 35.2 Å². The summed E-state index contributed by atoms with van der Waals surface area (Å²) in [5, 5.41) is 22.1. The summed E-state index contributed by atoms with van der Waals surface area (Å²) in [4.78, 5) is 44.3. The minimum atomic E-state index is -0.994. The molecule has 3 aromatic carbocycles. The van der Waals surface area contributed by atoms with E-state index in [1.165, 1.54) is 4.90 Å². The van der Waals surface area contributed by atoms with Gasteiger partial charge in [0.2, 0.25) is 0 Å². The first-order valence-corrected chi connectivity index (χ1v) is 13.0. The summed E-state index contributed by atoms with van der Waals surface area (Å²) in [5.74, 6) is -1.71. The number of aliphatic hydroxyl groups is 1. The Morgan fingerprint density at radius 3 is 2.10 bits per heavy atom. The van der Waals surface area contributed by atoms with Crippen LogP contribution in [0.3, 0.4) is 0 Å². The molecule has 0 saturated heterocycles. The SMILES string of the molecule is O=C(O)CCN(CCc1cccnc1)C(=O)c1ccccc1-c1ccccc1C(=O)N[C@@H](CO)c1ccccc1. The van der Waals surface area contributed by atoms with Gasteiger partial charge in [-0.2, -0.15) is 0 Å². The summed E-state index contributed by atoms with van der Waals surface area (Å²) in [5.41, 5.74) is 3.53. The maximum absolute atomic E-state index is 13.8. The van der Waals surface area contributed by atoms with Crippen molar-refractivity contribution in [2.75, 3.05) is 19.7 Å². The third kappa shape index (κ3) is 7.18. The highest BCUT2D eigenvalue weighted by atomic mass is 16.4. The van der Waals surface area contributed by atoms with E-state index in [1.807, 2.05) is 42.5 Å². The molecule has 0 unspecified atom stereocenters. The number of aromatic nitrogens is 1. The number of hydrogen-bond donors (Lipinski definition) is 3. The van der Waals surface area contributed by atoms with Crippen LogP contribution in [-0.4, -0.2) is 57.6 Å². The summed E-state index contributed by atoms with van der Waals surface area (Å²) >= 11 is 0. The van der Waals surface area contributed by atoms with E-state index in [9.17, 15) is 24.6 Å². The summed E-state index contributed by atoms with van der Waals surface area (Å²) in [6.45, 7) is 0.0755. The fraction of sp³-hybridized carbons (Fsp3) is 0.188. The third-order valence-corrected chi connectivity index (χ3v) is 6.59. The molecule has 40 heavy (non-hydrogen) atoms. The van der Waals surface area contributed by atoms with E-state index in [2.05, 4.69) is 10.3 Å². The van der Waals surface area contributed by atoms with E-state index in [4.69, 9.17) is 0 Å². The van der Waals surface area contributed by atoms with Gasteiger partial charge in [0.05, 0.1) is 19.1 Å². The Bertz CT molecular complexity index is 1440. The smallest absolute Gasteiger partial charge is 0.305 e. The van der Waals surface area contributed by atoms with Crippen molar-refractivity contribution in [3.8, 4) is 11.1 Å². The fourth-order valence-corrected chi connectivity index (χ4v) is 4.50. The number of aliphatic carboxylic acids is 1. The second-order valence-electron chi connectivity index (χ2n) is 9.26. The average Bonchev–Trinajstić information content (AvgIpc) is 3.00. The van der Waals surface area contributed by atoms with Crippen LogP contribution in [0.2, 0.25) is 0 Å². The Kier molecular flexibility index (Phi) is 9.74. The quantitative estimate of drug-likeness (QED) is 0.247. The van der Waals surface area contributed by atoms with Gasteiger partial charge >= 0.3 is 5.97 Å². The van der Waals surface area contributed by atoms with Crippen LogP contribution in [0.1, 0.15) is 44.3 Å². The number of hydrogen-bond acceptors (Lipinski definition) is 5. The van der Waals surface area contributed by atoms with E-state index in [0.717, 1.165) is 11.1 Å². The van der Waals surface area contributed by atoms with Gasteiger partial charge in [0, 0.05) is 36.6 Å². The van der Waals surface area contributed by atoms with Gasteiger partial charge in [0.1, 0.15) is 0 Å². The minimum Gasteiger partial charge on any atom is -0.481 e. The zero-order valence-corrected chi connectivity index (χ0v) is 21.9. The van der Waals surface area contributed by atoms with E-state index < -0.39 is 12.0 Å². The number of nitrogens with zero attached hydrogens (tertiary/aromatic N) is 2. The maximum Gasteiger partial charge on any atom is 0.305 e. The lowest BCUT2D eigenvalue weighted by Gasteiger charge is -2.24. The topological polar surface area (TPSA) is 120 Å². The molecule has 1 heterocycles. The lowest BCUT2D eigenvalue weighted by atomic mass is 9.94. The Hall–Kier alpha value is -4.82. The Balaban J connectivity index is 1.64. The van der Waals surface area contributed by atoms with E-state index >= 15 is 0 Å². The number of aliphatic hydroxyl groups excluding tert-OH is 1. The second kappa shape index (κ2) is 13.8. The lowest BCUT2D eigenvalue weighted by molar-refractivity contribution is -0.137. The van der Waals surface area contributed by atoms with Crippen molar-refractivity contribution in [1.29, 1.82) is 0 Å². The number of nitrogens with one attached hydrogen (secondary N) is 1. The average molecular weight is 538 g/mol. The standard InChI is InChI=1S/C32H31N3O5/c36-22-29(24-10-2-1-3-11-24)34-31(39)27-14-6-4-12-25(27)26-13-5-7-15-28(26)32(40)35(20-17-30(37)38)19-16-23-9-8-18-33-21-23/h1-15,18,21,29,36H,16-17,19-20,22H2,(H,34,39)(H,37,38)/t29-/m0/s1. The Labute approximate surface area is 232 Å². The van der Waals surface area contributed by atoms with Crippen molar-refractivity contribution >= 4 is 17.8 Å². The van der Waals surface area contributed by atoms with E-state index in [1.54, 1.807) is 60.9 Å².